The Balaban J connectivity index is 1.56. The highest BCUT2D eigenvalue weighted by atomic mass is 15.4. The summed E-state index contributed by atoms with van der Waals surface area (Å²) in [5.74, 6) is 0.872. The van der Waals surface area contributed by atoms with Gasteiger partial charge in [-0.3, -0.25) is 4.68 Å². The maximum atomic E-state index is 5.34. The third-order valence-electron chi connectivity index (χ3n) is 7.18. The maximum absolute atomic E-state index is 5.34. The van der Waals surface area contributed by atoms with Crippen molar-refractivity contribution in [1.29, 1.82) is 0 Å². The predicted molar refractivity (Wildman–Crippen MR) is 160 cm³/mol. The van der Waals surface area contributed by atoms with Gasteiger partial charge in [0.15, 0.2) is 5.82 Å². The minimum absolute atomic E-state index is 0.658. The van der Waals surface area contributed by atoms with E-state index in [1.165, 1.54) is 5.56 Å². The number of anilines is 2. The van der Waals surface area contributed by atoms with Crippen LogP contribution in [0.3, 0.4) is 0 Å². The maximum Gasteiger partial charge on any atom is 0.155 e. The third-order valence-corrected chi connectivity index (χ3v) is 7.18. The summed E-state index contributed by atoms with van der Waals surface area (Å²) in [6.45, 7) is 4.87. The van der Waals surface area contributed by atoms with Crippen LogP contribution < -0.4 is 4.90 Å². The van der Waals surface area contributed by atoms with Gasteiger partial charge >= 0.3 is 0 Å². The second-order valence-corrected chi connectivity index (χ2v) is 9.67. The van der Waals surface area contributed by atoms with Crippen molar-refractivity contribution >= 4 is 11.5 Å². The van der Waals surface area contributed by atoms with Gasteiger partial charge in [0.05, 0.1) is 0 Å². The van der Waals surface area contributed by atoms with Gasteiger partial charge in [0.2, 0.25) is 0 Å². The number of hydrogen-bond acceptors (Lipinski definition) is 2. The largest absolute Gasteiger partial charge is 0.320 e. The molecule has 1 aromatic heterocycles. The average molecular weight is 505 g/mol. The van der Waals surface area contributed by atoms with Crippen LogP contribution in [0.15, 0.2) is 158 Å². The van der Waals surface area contributed by atoms with E-state index in [1.807, 2.05) is 12.1 Å². The van der Waals surface area contributed by atoms with Crippen molar-refractivity contribution in [2.45, 2.75) is 12.1 Å². The molecule has 39 heavy (non-hydrogen) atoms. The van der Waals surface area contributed by atoms with E-state index in [1.54, 1.807) is 0 Å². The highest BCUT2D eigenvalue weighted by Crippen LogP contribution is 2.41. The van der Waals surface area contributed by atoms with Gasteiger partial charge < -0.3 is 4.90 Å². The van der Waals surface area contributed by atoms with E-state index in [0.717, 1.165) is 33.8 Å². The smallest absolute Gasteiger partial charge is 0.155 e. The normalized spacial score (nSPS) is 11.3. The molecule has 0 unspecified atom stereocenters. The Morgan fingerprint density at radius 2 is 1.10 bits per heavy atom. The van der Waals surface area contributed by atoms with E-state index >= 15 is 0 Å². The van der Waals surface area contributed by atoms with Gasteiger partial charge in [0, 0.05) is 24.5 Å². The van der Waals surface area contributed by atoms with Crippen LogP contribution in [-0.2, 0) is 12.1 Å². The Kier molecular flexibility index (Phi) is 6.80. The minimum Gasteiger partial charge on any atom is -0.320 e. The molecule has 0 fully saturated rings. The number of benzene rings is 5. The van der Waals surface area contributed by atoms with E-state index in [-0.39, 0.29) is 0 Å². The lowest BCUT2D eigenvalue weighted by molar-refractivity contribution is 0.460. The third kappa shape index (κ3) is 4.75. The van der Waals surface area contributed by atoms with Gasteiger partial charge in [-0.15, -0.1) is 0 Å². The van der Waals surface area contributed by atoms with Crippen LogP contribution in [0.25, 0.3) is 0 Å². The van der Waals surface area contributed by atoms with Gasteiger partial charge in [-0.1, -0.05) is 133 Å². The molecule has 1 heterocycles. The van der Waals surface area contributed by atoms with Crippen molar-refractivity contribution in [2.75, 3.05) is 4.90 Å². The zero-order valence-corrected chi connectivity index (χ0v) is 21.8. The molecule has 0 atom stereocenters. The lowest BCUT2D eigenvalue weighted by atomic mass is 9.77. The van der Waals surface area contributed by atoms with Crippen molar-refractivity contribution in [3.63, 3.8) is 0 Å². The minimum atomic E-state index is -0.658. The van der Waals surface area contributed by atoms with Crippen molar-refractivity contribution in [3.05, 3.63) is 193 Å². The molecular weight excluding hydrogens is 474 g/mol. The molecule has 0 amide bonds. The van der Waals surface area contributed by atoms with Gasteiger partial charge in [-0.25, -0.2) is 0 Å². The van der Waals surface area contributed by atoms with Gasteiger partial charge in [0.25, 0.3) is 0 Å². The molecule has 0 saturated heterocycles. The number of rotatable bonds is 8. The van der Waals surface area contributed by atoms with Crippen LogP contribution in [0.1, 0.15) is 27.8 Å². The molecule has 1 radical (unpaired) electrons. The summed E-state index contributed by atoms with van der Waals surface area (Å²) in [7, 11) is 0. The number of hydrogen-bond donors (Lipinski definition) is 0. The van der Waals surface area contributed by atoms with E-state index in [9.17, 15) is 0 Å². The first-order valence-electron chi connectivity index (χ1n) is 13.2. The molecule has 0 aliphatic carbocycles. The fraction of sp³-hybridized carbons (Fsp3) is 0.0556. The van der Waals surface area contributed by atoms with Crippen LogP contribution in [0.5, 0.6) is 0 Å². The second kappa shape index (κ2) is 10.8. The predicted octanol–water partition coefficient (Wildman–Crippen LogP) is 8.24. The zero-order valence-electron chi connectivity index (χ0n) is 21.8. The van der Waals surface area contributed by atoms with E-state index in [4.69, 9.17) is 5.10 Å². The molecule has 0 bridgehead atoms. The molecule has 0 N–H and O–H groups in total. The Morgan fingerprint density at radius 3 is 1.62 bits per heavy atom. The molecule has 3 nitrogen and oxygen atoms in total. The average Bonchev–Trinajstić information content (AvgIpc) is 3.49. The Hall–Kier alpha value is -4.89. The SMILES string of the molecule is [CH2]c1cccc(N(Cc2ccccc2)c2ccn(C(c3ccccc3)(c3ccccc3)c3ccccc3)n2)c1. The van der Waals surface area contributed by atoms with Crippen LogP contribution in [0, 0.1) is 6.92 Å². The summed E-state index contributed by atoms with van der Waals surface area (Å²) in [6.07, 6.45) is 2.11. The van der Waals surface area contributed by atoms with Crippen LogP contribution in [-0.4, -0.2) is 9.78 Å². The summed E-state index contributed by atoms with van der Waals surface area (Å²) in [6, 6.07) is 52.8. The number of nitrogens with zero attached hydrogens (tertiary/aromatic N) is 3. The summed E-state index contributed by atoms with van der Waals surface area (Å²) in [5, 5.41) is 5.34. The first kappa shape index (κ1) is 24.4. The Labute approximate surface area is 230 Å². The molecule has 189 valence electrons. The van der Waals surface area contributed by atoms with Crippen molar-refractivity contribution in [3.8, 4) is 0 Å². The molecule has 5 aromatic carbocycles. The molecular formula is C36H30N3. The summed E-state index contributed by atoms with van der Waals surface area (Å²) in [5.41, 5.74) is 6.01. The van der Waals surface area contributed by atoms with Gasteiger partial charge in [-0.2, -0.15) is 5.10 Å². The van der Waals surface area contributed by atoms with Crippen LogP contribution in [0.4, 0.5) is 11.5 Å². The molecule has 0 aliphatic heterocycles. The first-order valence-corrected chi connectivity index (χ1v) is 13.2. The van der Waals surface area contributed by atoms with Crippen molar-refractivity contribution in [1.82, 2.24) is 9.78 Å². The van der Waals surface area contributed by atoms with Crippen LogP contribution >= 0.6 is 0 Å². The first-order chi connectivity index (χ1) is 19.2. The topological polar surface area (TPSA) is 21.1 Å². The lowest BCUT2D eigenvalue weighted by Gasteiger charge is -2.36. The molecule has 6 rings (SSSR count). The molecule has 0 saturated carbocycles. The van der Waals surface area contributed by atoms with E-state index < -0.39 is 5.54 Å². The van der Waals surface area contributed by atoms with Crippen molar-refractivity contribution < 1.29 is 0 Å². The molecule has 6 aromatic rings. The second-order valence-electron chi connectivity index (χ2n) is 9.67. The number of aromatic nitrogens is 2. The molecule has 0 aliphatic rings. The zero-order chi connectivity index (χ0) is 26.5. The fourth-order valence-electron chi connectivity index (χ4n) is 5.37. The van der Waals surface area contributed by atoms with E-state index in [0.29, 0.717) is 6.54 Å². The Bertz CT molecular complexity index is 1530. The fourth-order valence-corrected chi connectivity index (χ4v) is 5.37. The highest BCUT2D eigenvalue weighted by molar-refractivity contribution is 5.62. The standard InChI is InChI=1S/C36H30N3/c1-29-15-14-24-34(27-29)38(28-30-16-6-2-7-17-30)35-25-26-39(37-35)36(31-18-8-3-9-19-31,32-20-10-4-11-21-32)33-22-12-5-13-23-33/h2-27H,1,28H2. The van der Waals surface area contributed by atoms with E-state index in [2.05, 4.69) is 162 Å². The monoisotopic (exact) mass is 504 g/mol. The molecule has 0 spiro atoms. The summed E-state index contributed by atoms with van der Waals surface area (Å²) < 4.78 is 2.12. The summed E-state index contributed by atoms with van der Waals surface area (Å²) >= 11 is 0. The quantitative estimate of drug-likeness (QED) is 0.195. The Morgan fingerprint density at radius 1 is 0.590 bits per heavy atom. The molecule has 3 heteroatoms. The highest BCUT2D eigenvalue weighted by Gasteiger charge is 2.39. The van der Waals surface area contributed by atoms with Crippen LogP contribution in [0.2, 0.25) is 0 Å². The van der Waals surface area contributed by atoms with Gasteiger partial charge in [0.1, 0.15) is 5.54 Å². The summed E-state index contributed by atoms with van der Waals surface area (Å²) in [4.78, 5) is 2.26. The van der Waals surface area contributed by atoms with Crippen molar-refractivity contribution in [2.24, 2.45) is 0 Å². The lowest BCUT2D eigenvalue weighted by Crippen LogP contribution is -2.38. The van der Waals surface area contributed by atoms with Gasteiger partial charge in [-0.05, 0) is 46.9 Å².